The molecule has 0 spiro atoms. The molecule has 1 fully saturated rings. The van der Waals surface area contributed by atoms with Crippen LogP contribution in [-0.2, 0) is 4.79 Å². The molecule has 0 unspecified atom stereocenters. The van der Waals surface area contributed by atoms with Crippen LogP contribution < -0.4 is 10.1 Å². The number of benzene rings is 2. The molecule has 4 aromatic rings. The lowest BCUT2D eigenvalue weighted by Gasteiger charge is -2.22. The number of oxazole rings is 1. The molecular weight excluding hydrogens is 414 g/mol. The number of amides is 1. The summed E-state index contributed by atoms with van der Waals surface area (Å²) in [6.07, 6.45) is 8.18. The Hall–Kier alpha value is -3.67. The van der Waals surface area contributed by atoms with Gasteiger partial charge in [-0.3, -0.25) is 4.79 Å². The summed E-state index contributed by atoms with van der Waals surface area (Å²) in [5.41, 5.74) is 4.96. The van der Waals surface area contributed by atoms with Crippen molar-refractivity contribution in [2.75, 3.05) is 11.9 Å². The number of pyridine rings is 1. The van der Waals surface area contributed by atoms with Gasteiger partial charge in [-0.1, -0.05) is 37.5 Å². The summed E-state index contributed by atoms with van der Waals surface area (Å²) in [4.78, 5) is 21.2. The number of nitrogens with zero attached hydrogens (tertiary/aromatic N) is 2. The highest BCUT2D eigenvalue weighted by Gasteiger charge is 2.16. The highest BCUT2D eigenvalue weighted by molar-refractivity contribution is 5.93. The highest BCUT2D eigenvalue weighted by atomic mass is 16.5. The monoisotopic (exact) mass is 441 g/mol. The lowest BCUT2D eigenvalue weighted by molar-refractivity contribution is -0.118. The van der Waals surface area contributed by atoms with E-state index >= 15 is 0 Å². The number of aromatic nitrogens is 2. The molecule has 0 radical (unpaired) electrons. The largest absolute Gasteiger partial charge is 0.484 e. The van der Waals surface area contributed by atoms with Crippen molar-refractivity contribution in [3.8, 4) is 17.2 Å². The van der Waals surface area contributed by atoms with Gasteiger partial charge in [-0.05, 0) is 73.2 Å². The first-order valence-electron chi connectivity index (χ1n) is 11.5. The van der Waals surface area contributed by atoms with Crippen LogP contribution in [0, 0.1) is 6.92 Å². The maximum absolute atomic E-state index is 12.6. The van der Waals surface area contributed by atoms with Crippen molar-refractivity contribution in [3.63, 3.8) is 0 Å². The van der Waals surface area contributed by atoms with Gasteiger partial charge in [0.25, 0.3) is 5.91 Å². The Morgan fingerprint density at radius 3 is 2.70 bits per heavy atom. The number of carbonyl (C=O) groups is 1. The third-order valence-electron chi connectivity index (χ3n) is 6.25. The van der Waals surface area contributed by atoms with Crippen LogP contribution in [0.1, 0.15) is 49.1 Å². The molecule has 2 heterocycles. The molecule has 1 N–H and O–H groups in total. The number of rotatable bonds is 6. The molecule has 1 amide bonds. The van der Waals surface area contributed by atoms with Gasteiger partial charge in [0.15, 0.2) is 17.8 Å². The van der Waals surface area contributed by atoms with Crippen molar-refractivity contribution in [1.29, 1.82) is 0 Å². The van der Waals surface area contributed by atoms with Gasteiger partial charge in [0.05, 0.1) is 0 Å². The first-order chi connectivity index (χ1) is 16.2. The van der Waals surface area contributed by atoms with E-state index in [1.165, 1.54) is 37.7 Å². The average molecular weight is 442 g/mol. The van der Waals surface area contributed by atoms with Gasteiger partial charge >= 0.3 is 0 Å². The van der Waals surface area contributed by atoms with E-state index < -0.39 is 0 Å². The van der Waals surface area contributed by atoms with E-state index in [1.54, 1.807) is 6.20 Å². The molecule has 0 aliphatic heterocycles. The van der Waals surface area contributed by atoms with Crippen molar-refractivity contribution in [2.45, 2.75) is 44.9 Å². The molecule has 6 nitrogen and oxygen atoms in total. The second-order valence-electron chi connectivity index (χ2n) is 8.61. The van der Waals surface area contributed by atoms with E-state index in [2.05, 4.69) is 27.4 Å². The number of fused-ring (bicyclic) bond motifs is 1. The van der Waals surface area contributed by atoms with Crippen LogP contribution in [0.2, 0.25) is 0 Å². The van der Waals surface area contributed by atoms with E-state index in [4.69, 9.17) is 9.15 Å². The summed E-state index contributed by atoms with van der Waals surface area (Å²) in [6.45, 7) is 1.89. The third-order valence-corrected chi connectivity index (χ3v) is 6.25. The molecule has 0 atom stereocenters. The zero-order valence-electron chi connectivity index (χ0n) is 18.7. The van der Waals surface area contributed by atoms with Gasteiger partial charge in [-0.15, -0.1) is 0 Å². The molecule has 2 aromatic heterocycles. The van der Waals surface area contributed by atoms with Crippen LogP contribution >= 0.6 is 0 Å². The fourth-order valence-corrected chi connectivity index (χ4v) is 4.39. The fraction of sp³-hybridized carbons (Fsp3) is 0.296. The van der Waals surface area contributed by atoms with Crippen LogP contribution in [-0.4, -0.2) is 22.5 Å². The molecule has 6 heteroatoms. The smallest absolute Gasteiger partial charge is 0.262 e. The second kappa shape index (κ2) is 9.45. The fourth-order valence-electron chi connectivity index (χ4n) is 4.39. The van der Waals surface area contributed by atoms with Gasteiger partial charge in [-0.25, -0.2) is 4.98 Å². The lowest BCUT2D eigenvalue weighted by Crippen LogP contribution is -2.20. The summed E-state index contributed by atoms with van der Waals surface area (Å²) in [5.74, 6) is 1.61. The molecular formula is C27H27N3O3. The summed E-state index contributed by atoms with van der Waals surface area (Å²) in [6, 6.07) is 17.5. The molecule has 168 valence electrons. The molecule has 0 bridgehead atoms. The van der Waals surface area contributed by atoms with Crippen molar-refractivity contribution < 1.29 is 13.9 Å². The molecule has 5 rings (SSSR count). The van der Waals surface area contributed by atoms with Crippen molar-refractivity contribution in [1.82, 2.24) is 9.97 Å². The minimum absolute atomic E-state index is 0.0563. The SMILES string of the molecule is Cc1ccc(-c2nc3ncccc3o2)cc1NC(=O)COc1ccc(C2CCCCC2)cc1. The first kappa shape index (κ1) is 21.2. The minimum Gasteiger partial charge on any atom is -0.484 e. The van der Waals surface area contributed by atoms with Crippen molar-refractivity contribution >= 4 is 22.8 Å². The van der Waals surface area contributed by atoms with Gasteiger partial charge in [0, 0.05) is 17.4 Å². The van der Waals surface area contributed by atoms with Gasteiger partial charge in [-0.2, -0.15) is 4.98 Å². The summed E-state index contributed by atoms with van der Waals surface area (Å²) < 4.78 is 11.5. The summed E-state index contributed by atoms with van der Waals surface area (Å²) in [5, 5.41) is 2.94. The minimum atomic E-state index is -0.217. The number of aryl methyl sites for hydroxylation is 1. The zero-order valence-corrected chi connectivity index (χ0v) is 18.7. The maximum Gasteiger partial charge on any atom is 0.262 e. The Balaban J connectivity index is 1.22. The Bertz CT molecular complexity index is 1220. The average Bonchev–Trinajstić information content (AvgIpc) is 3.29. The normalized spacial score (nSPS) is 14.3. The number of nitrogens with one attached hydrogen (secondary N) is 1. The maximum atomic E-state index is 12.6. The second-order valence-corrected chi connectivity index (χ2v) is 8.61. The van der Waals surface area contributed by atoms with Crippen LogP contribution in [0.5, 0.6) is 5.75 Å². The lowest BCUT2D eigenvalue weighted by atomic mass is 9.84. The van der Waals surface area contributed by atoms with Crippen LogP contribution in [0.3, 0.4) is 0 Å². The van der Waals surface area contributed by atoms with Crippen LogP contribution in [0.15, 0.2) is 65.2 Å². The van der Waals surface area contributed by atoms with E-state index in [-0.39, 0.29) is 12.5 Å². The molecule has 1 aliphatic rings. The van der Waals surface area contributed by atoms with Crippen LogP contribution in [0.4, 0.5) is 5.69 Å². The molecule has 1 saturated carbocycles. The summed E-state index contributed by atoms with van der Waals surface area (Å²) >= 11 is 0. The Labute approximate surface area is 193 Å². The van der Waals surface area contributed by atoms with E-state index in [9.17, 15) is 4.79 Å². The number of hydrogen-bond donors (Lipinski definition) is 1. The zero-order chi connectivity index (χ0) is 22.6. The van der Waals surface area contributed by atoms with E-state index in [0.29, 0.717) is 34.5 Å². The Kier molecular flexibility index (Phi) is 6.07. The highest BCUT2D eigenvalue weighted by Crippen LogP contribution is 2.33. The predicted molar refractivity (Wildman–Crippen MR) is 128 cm³/mol. The third kappa shape index (κ3) is 4.90. The quantitative estimate of drug-likeness (QED) is 0.382. The molecule has 2 aromatic carbocycles. The van der Waals surface area contributed by atoms with Gasteiger partial charge in [0.1, 0.15) is 5.75 Å². The number of hydrogen-bond acceptors (Lipinski definition) is 5. The molecule has 33 heavy (non-hydrogen) atoms. The van der Waals surface area contributed by atoms with Crippen molar-refractivity contribution in [2.24, 2.45) is 0 Å². The first-order valence-corrected chi connectivity index (χ1v) is 11.5. The topological polar surface area (TPSA) is 77.3 Å². The van der Waals surface area contributed by atoms with Gasteiger partial charge in [0.2, 0.25) is 5.89 Å². The van der Waals surface area contributed by atoms with Crippen LogP contribution in [0.25, 0.3) is 22.7 Å². The van der Waals surface area contributed by atoms with Crippen molar-refractivity contribution in [3.05, 3.63) is 71.9 Å². The van der Waals surface area contributed by atoms with E-state index in [0.717, 1.165) is 11.1 Å². The Morgan fingerprint density at radius 2 is 1.91 bits per heavy atom. The number of carbonyl (C=O) groups excluding carboxylic acids is 1. The molecule has 1 aliphatic carbocycles. The predicted octanol–water partition coefficient (Wildman–Crippen LogP) is 6.26. The molecule has 0 saturated heterocycles. The van der Waals surface area contributed by atoms with Gasteiger partial charge < -0.3 is 14.5 Å². The number of anilines is 1. The van der Waals surface area contributed by atoms with E-state index in [1.807, 2.05) is 49.4 Å². The number of ether oxygens (including phenoxy) is 1. The summed E-state index contributed by atoms with van der Waals surface area (Å²) in [7, 11) is 0. The Morgan fingerprint density at radius 1 is 1.09 bits per heavy atom. The standard InChI is InChI=1S/C27H27N3O3/c1-18-9-10-21(27-30-26-24(33-27)8-5-15-28-26)16-23(18)29-25(31)17-32-22-13-11-20(12-14-22)19-6-3-2-4-7-19/h5,8-16,19H,2-4,6-7,17H2,1H3,(H,29,31).